The van der Waals surface area contributed by atoms with E-state index >= 15 is 0 Å². The van der Waals surface area contributed by atoms with E-state index in [4.69, 9.17) is 70.3 Å². The highest BCUT2D eigenvalue weighted by molar-refractivity contribution is 7.81. The molecular formula is C61H92O25S2. The Morgan fingerprint density at radius 1 is 0.693 bits per heavy atom. The first-order valence-corrected chi connectivity index (χ1v) is 34.3. The monoisotopic (exact) mass is 1290 g/mol. The van der Waals surface area contributed by atoms with Gasteiger partial charge in [-0.05, 0) is 97.5 Å². The summed E-state index contributed by atoms with van der Waals surface area (Å²) < 4.78 is 165. The number of hydrogen-bond donors (Lipinski definition) is 6. The zero-order chi connectivity index (χ0) is 62.8. The quantitative estimate of drug-likeness (QED) is 0.0586. The Morgan fingerprint density at radius 2 is 1.28 bits per heavy atom. The second-order valence-electron chi connectivity index (χ2n) is 28.2. The summed E-state index contributed by atoms with van der Waals surface area (Å²) in [6.45, 7) is 22.9. The van der Waals surface area contributed by atoms with E-state index in [2.05, 4.69) is 44.7 Å². The van der Waals surface area contributed by atoms with Crippen LogP contribution in [0.4, 0.5) is 0 Å². The predicted octanol–water partition coefficient (Wildman–Crippen LogP) is 3.91. The zero-order valence-electron chi connectivity index (χ0n) is 51.1. The fraction of sp³-hybridized carbons (Fsp3) is 0.869. The normalized spacial score (nSPS) is 50.9. The largest absolute Gasteiger partial charge is 0.397 e. The molecule has 30 atom stereocenters. The summed E-state index contributed by atoms with van der Waals surface area (Å²) in [5.41, 5.74) is -4.01. The van der Waals surface area contributed by atoms with Crippen LogP contribution in [0.1, 0.15) is 138 Å². The van der Waals surface area contributed by atoms with E-state index in [1.165, 1.54) is 0 Å². The number of allylic oxidation sites excluding steroid dienone is 3. The van der Waals surface area contributed by atoms with Crippen molar-refractivity contribution in [2.75, 3.05) is 13.2 Å². The van der Waals surface area contributed by atoms with Crippen LogP contribution < -0.4 is 0 Å². The van der Waals surface area contributed by atoms with Crippen molar-refractivity contribution < 1.29 is 116 Å². The fourth-order valence-electron chi connectivity index (χ4n) is 16.8. The Bertz CT molecular complexity index is 2840. The van der Waals surface area contributed by atoms with Gasteiger partial charge in [-0.2, -0.15) is 16.8 Å². The Labute approximate surface area is 515 Å². The number of aliphatic hydroxyl groups is 4. The van der Waals surface area contributed by atoms with Crippen LogP contribution in [0.25, 0.3) is 0 Å². The highest BCUT2D eigenvalue weighted by atomic mass is 32.3. The average molecular weight is 1290 g/mol. The molecule has 88 heavy (non-hydrogen) atoms. The molecule has 12 aliphatic heterocycles. The standard InChI is InChI=1S/C61H92O25S2/c1-10-12-30(2)13-17-57(5,65)54-32(4)21-41-40(79-54)27-49-61(9,84-41)55(82-56-51(64)50(63)45(29-62)80-56)53-44(78-49)25-43-52(81-53)31(3)14-18-59(7)47(77-43)28-46-60(8,86-59)19-15-33-34(76-46)22-36-35(73-33)23-37-38(74-36)24-42-39(75-37)26-48(85-88(69,70)71)58(6,83-42)16-11-20-72-87(66,67)68/h10,13,17,31,33-56,62-65H,1-2,4,11-12,14-16,18-29H2,3,5-9H3,(H,66,67,68)(H,69,70,71)/b17-13+/t31-,33-,34+,35+,36-,37-,38+,39+,40+,41-,42-,43-,44+,45-,46-,47+,48-,49-,50-,51+,52+,53+,54-,55+,56?,57+,58+,59-,60+,61-/m0/s1. The molecule has 0 aliphatic carbocycles. The molecule has 498 valence electrons. The molecule has 0 aromatic rings. The second kappa shape index (κ2) is 24.7. The molecule has 0 spiro atoms. The summed E-state index contributed by atoms with van der Waals surface area (Å²) in [4.78, 5) is 0. The van der Waals surface area contributed by atoms with Crippen LogP contribution >= 0.6 is 0 Å². The molecule has 0 saturated carbocycles. The molecule has 25 nitrogen and oxygen atoms in total. The van der Waals surface area contributed by atoms with E-state index in [-0.39, 0.29) is 49.6 Å². The van der Waals surface area contributed by atoms with Gasteiger partial charge in [0.1, 0.15) is 53.9 Å². The number of rotatable bonds is 15. The lowest BCUT2D eigenvalue weighted by molar-refractivity contribution is -0.387. The third-order valence-electron chi connectivity index (χ3n) is 21.6. The molecule has 0 radical (unpaired) electrons. The fourth-order valence-corrected chi connectivity index (χ4v) is 17.7. The van der Waals surface area contributed by atoms with Gasteiger partial charge in [0.05, 0.1) is 128 Å². The van der Waals surface area contributed by atoms with Crippen molar-refractivity contribution in [1.82, 2.24) is 0 Å². The van der Waals surface area contributed by atoms with Crippen LogP contribution in [0, 0.1) is 5.92 Å². The Morgan fingerprint density at radius 3 is 1.93 bits per heavy atom. The van der Waals surface area contributed by atoms with Gasteiger partial charge in [0, 0.05) is 44.9 Å². The molecule has 0 aromatic heterocycles. The van der Waals surface area contributed by atoms with E-state index in [0.717, 1.165) is 12.0 Å². The molecular weight excluding hydrogens is 1200 g/mol. The number of aliphatic hydroxyl groups excluding tert-OH is 3. The van der Waals surface area contributed by atoms with Gasteiger partial charge in [0.15, 0.2) is 6.29 Å². The lowest BCUT2D eigenvalue weighted by Gasteiger charge is -2.61. The maximum Gasteiger partial charge on any atom is 0.397 e. The maximum absolute atomic E-state index is 12.1. The second-order valence-corrected chi connectivity index (χ2v) is 30.3. The summed E-state index contributed by atoms with van der Waals surface area (Å²) in [6.07, 6.45) is -4.84. The maximum atomic E-state index is 12.1. The molecule has 12 aliphatic rings. The first-order valence-electron chi connectivity index (χ1n) is 31.6. The lowest BCUT2D eigenvalue weighted by Crippen LogP contribution is -2.75. The van der Waals surface area contributed by atoms with Gasteiger partial charge in [0.2, 0.25) is 0 Å². The van der Waals surface area contributed by atoms with Crippen LogP contribution in [-0.2, 0) is 90.7 Å². The average Bonchev–Trinajstić information content (AvgIpc) is 0.899. The number of hydrogen-bond acceptors (Lipinski definition) is 23. The number of fused-ring (bicyclic) bond motifs is 10. The molecule has 1 unspecified atom stereocenters. The summed E-state index contributed by atoms with van der Waals surface area (Å²) in [6, 6.07) is 0. The smallest absolute Gasteiger partial charge is 0.394 e. The molecule has 12 rings (SSSR count). The van der Waals surface area contributed by atoms with E-state index in [9.17, 15) is 41.8 Å². The van der Waals surface area contributed by atoms with Gasteiger partial charge < -0.3 is 82.0 Å². The van der Waals surface area contributed by atoms with E-state index < -0.39 is 184 Å². The lowest BCUT2D eigenvalue weighted by atomic mass is 9.72. The van der Waals surface area contributed by atoms with Crippen LogP contribution in [0.3, 0.4) is 0 Å². The van der Waals surface area contributed by atoms with Crippen LogP contribution in [-0.4, -0.2) is 234 Å². The van der Waals surface area contributed by atoms with Crippen molar-refractivity contribution >= 4 is 20.8 Å². The number of ether oxygens (including phenoxy) is 13. The molecule has 0 bridgehead atoms. The molecule has 12 heterocycles. The Hall–Kier alpha value is -1.98. The van der Waals surface area contributed by atoms with Crippen molar-refractivity contribution in [2.45, 2.75) is 313 Å². The summed E-state index contributed by atoms with van der Waals surface area (Å²) in [7, 11) is -9.64. The summed E-state index contributed by atoms with van der Waals surface area (Å²) >= 11 is 0. The van der Waals surface area contributed by atoms with Crippen molar-refractivity contribution in [3.63, 3.8) is 0 Å². The van der Waals surface area contributed by atoms with Gasteiger partial charge in [-0.15, -0.1) is 6.58 Å². The SMILES string of the molecule is C=CCC(=C)/C=C/[C@@](C)(O)[C@H]1O[C@@H]2C[C@@H]3O[C@@H]4C[C@@H]5O[C@@H]6C[C@@H]7O[C@@H]8C[C@@H]9O[C@@H]%10C[C@@H]%11O[C@](C)(CCCOS(=O)(=O)O)[C@@H](OS(=O)(=O)O)C[C@H]%11O[C@H]%10C[C@H]9O[C@H]8CC[C@@]7(C)O[C@@]6(C)CC[C@H](C)[C@H]5O[C@H]4[C@@H](OC4O[C@@H](CO)[C@H](O)[C@H]4O)[C@@]3(C)O[C@H]2CC1=C. The van der Waals surface area contributed by atoms with Crippen LogP contribution in [0.15, 0.2) is 49.1 Å². The van der Waals surface area contributed by atoms with Crippen LogP contribution in [0.5, 0.6) is 0 Å². The molecule has 12 saturated heterocycles. The molecule has 27 heteroatoms. The minimum Gasteiger partial charge on any atom is -0.394 e. The van der Waals surface area contributed by atoms with E-state index in [0.29, 0.717) is 76.2 Å². The van der Waals surface area contributed by atoms with Crippen LogP contribution in [0.2, 0.25) is 0 Å². The highest BCUT2D eigenvalue weighted by Crippen LogP contribution is 2.55. The van der Waals surface area contributed by atoms with Crippen molar-refractivity contribution in [2.24, 2.45) is 5.92 Å². The van der Waals surface area contributed by atoms with Crippen molar-refractivity contribution in [3.05, 3.63) is 49.1 Å². The topological polar surface area (TPSA) is 328 Å². The first-order chi connectivity index (χ1) is 41.4. The van der Waals surface area contributed by atoms with Crippen molar-refractivity contribution in [1.29, 1.82) is 0 Å². The summed E-state index contributed by atoms with van der Waals surface area (Å²) in [5.74, 6) is -0.0396. The third-order valence-corrected chi connectivity index (χ3v) is 22.5. The minimum atomic E-state index is -4.93. The molecule has 0 amide bonds. The van der Waals surface area contributed by atoms with Gasteiger partial charge in [0.25, 0.3) is 0 Å². The Balaban J connectivity index is 0.742. The molecule has 12 fully saturated rings. The van der Waals surface area contributed by atoms with Crippen molar-refractivity contribution in [3.8, 4) is 0 Å². The minimum absolute atomic E-state index is 0.0396. The van der Waals surface area contributed by atoms with E-state index in [1.807, 2.05) is 6.92 Å². The zero-order valence-corrected chi connectivity index (χ0v) is 52.7. The third kappa shape index (κ3) is 13.0. The molecule has 0 aromatic carbocycles. The van der Waals surface area contributed by atoms with Gasteiger partial charge in [-0.3, -0.25) is 9.11 Å². The highest BCUT2D eigenvalue weighted by Gasteiger charge is 2.67. The first kappa shape index (κ1) is 66.1. The van der Waals surface area contributed by atoms with Gasteiger partial charge >= 0.3 is 20.8 Å². The van der Waals surface area contributed by atoms with Gasteiger partial charge in [-0.1, -0.05) is 43.9 Å². The van der Waals surface area contributed by atoms with E-state index in [1.54, 1.807) is 32.1 Å². The Kier molecular flexibility index (Phi) is 18.5. The molecule has 6 N–H and O–H groups in total. The van der Waals surface area contributed by atoms with Gasteiger partial charge in [-0.25, -0.2) is 8.37 Å². The summed E-state index contributed by atoms with van der Waals surface area (Å²) in [5, 5.41) is 44.2. The predicted molar refractivity (Wildman–Crippen MR) is 307 cm³/mol.